The van der Waals surface area contributed by atoms with E-state index in [1.165, 1.54) is 19.1 Å². The van der Waals surface area contributed by atoms with E-state index in [0.717, 1.165) is 6.20 Å². The molecule has 1 fully saturated rings. The number of nitrogens with zero attached hydrogens (tertiary/aromatic N) is 3. The number of aromatic nitrogens is 1. The van der Waals surface area contributed by atoms with Gasteiger partial charge < -0.3 is 10.2 Å². The number of rotatable bonds is 2. The lowest BCUT2D eigenvalue weighted by Gasteiger charge is -2.40. The van der Waals surface area contributed by atoms with Gasteiger partial charge in [0.15, 0.2) is 0 Å². The molecule has 9 heteroatoms. The molecule has 0 aromatic carbocycles. The highest BCUT2D eigenvalue weighted by Gasteiger charge is 2.48. The molecular formula is C15H15F3N4O2. The molecule has 2 heterocycles. The molecule has 1 saturated heterocycles. The third kappa shape index (κ3) is 4.01. The van der Waals surface area contributed by atoms with E-state index >= 15 is 0 Å². The average Bonchev–Trinajstić information content (AvgIpc) is 2.52. The van der Waals surface area contributed by atoms with E-state index in [0.29, 0.717) is 4.90 Å². The first-order valence-corrected chi connectivity index (χ1v) is 7.23. The third-order valence-corrected chi connectivity index (χ3v) is 3.74. The van der Waals surface area contributed by atoms with Gasteiger partial charge in [0.2, 0.25) is 5.91 Å². The first-order valence-electron chi connectivity index (χ1n) is 7.23. The van der Waals surface area contributed by atoms with Gasteiger partial charge in [-0.3, -0.25) is 9.59 Å². The van der Waals surface area contributed by atoms with Crippen molar-refractivity contribution < 1.29 is 22.8 Å². The number of hydrogen-bond acceptors (Lipinski definition) is 4. The van der Waals surface area contributed by atoms with E-state index in [-0.39, 0.29) is 36.6 Å². The smallest absolute Gasteiger partial charge is 0.352 e. The second-order valence-electron chi connectivity index (χ2n) is 5.53. The van der Waals surface area contributed by atoms with Crippen molar-refractivity contribution in [3.63, 3.8) is 0 Å². The Hall–Kier alpha value is -2.63. The van der Waals surface area contributed by atoms with Crippen molar-refractivity contribution in [1.29, 1.82) is 5.26 Å². The maximum atomic E-state index is 13.2. The molecule has 128 valence electrons. The van der Waals surface area contributed by atoms with Gasteiger partial charge in [-0.05, 0) is 25.0 Å². The second-order valence-corrected chi connectivity index (χ2v) is 5.53. The molecule has 1 aliphatic heterocycles. The highest BCUT2D eigenvalue weighted by Crippen LogP contribution is 2.32. The normalized spacial score (nSPS) is 21.0. The van der Waals surface area contributed by atoms with Gasteiger partial charge in [0.05, 0.1) is 5.56 Å². The summed E-state index contributed by atoms with van der Waals surface area (Å²) in [6.07, 6.45) is -3.60. The van der Waals surface area contributed by atoms with Crippen molar-refractivity contribution in [3.8, 4) is 6.07 Å². The van der Waals surface area contributed by atoms with Gasteiger partial charge in [-0.15, -0.1) is 0 Å². The van der Waals surface area contributed by atoms with Crippen LogP contribution in [0.2, 0.25) is 0 Å². The van der Waals surface area contributed by atoms with Gasteiger partial charge >= 0.3 is 6.18 Å². The number of piperidine rings is 1. The van der Waals surface area contributed by atoms with Crippen molar-refractivity contribution >= 4 is 11.8 Å². The van der Waals surface area contributed by atoms with Crippen molar-refractivity contribution in [3.05, 3.63) is 29.6 Å². The summed E-state index contributed by atoms with van der Waals surface area (Å²) in [7, 11) is 0. The van der Waals surface area contributed by atoms with Gasteiger partial charge in [0.25, 0.3) is 5.91 Å². The van der Waals surface area contributed by atoms with Crippen LogP contribution in [0.3, 0.4) is 0 Å². The van der Waals surface area contributed by atoms with Crippen LogP contribution >= 0.6 is 0 Å². The minimum Gasteiger partial charge on any atom is -0.352 e. The van der Waals surface area contributed by atoms with E-state index in [9.17, 15) is 22.8 Å². The quantitative estimate of drug-likeness (QED) is 0.886. The fourth-order valence-corrected chi connectivity index (χ4v) is 2.67. The molecule has 0 radical (unpaired) electrons. The van der Waals surface area contributed by atoms with Crippen LogP contribution in [0.5, 0.6) is 0 Å². The molecule has 2 unspecified atom stereocenters. The predicted molar refractivity (Wildman–Crippen MR) is 76.7 cm³/mol. The minimum absolute atomic E-state index is 0.133. The lowest BCUT2D eigenvalue weighted by molar-refractivity contribution is -0.184. The van der Waals surface area contributed by atoms with Crippen LogP contribution < -0.4 is 5.32 Å². The monoisotopic (exact) mass is 340 g/mol. The van der Waals surface area contributed by atoms with Gasteiger partial charge in [0, 0.05) is 25.7 Å². The summed E-state index contributed by atoms with van der Waals surface area (Å²) in [5.41, 5.74) is 0.0282. The summed E-state index contributed by atoms with van der Waals surface area (Å²) < 4.78 is 39.7. The lowest BCUT2D eigenvalue weighted by atomic mass is 9.97. The number of hydrogen-bond donors (Lipinski definition) is 1. The number of alkyl halides is 3. The Balaban J connectivity index is 2.26. The number of amides is 2. The standard InChI is InChI=1S/C15H15F3N4O2/c1-9(23)21-11-3-5-13(15(16,17)18)22(8-11)14(24)12-4-2-10(6-19)7-20-12/h2,4,7,11,13H,3,5,8H2,1H3,(H,21,23). The first kappa shape index (κ1) is 17.7. The van der Waals surface area contributed by atoms with Crippen LogP contribution in [0, 0.1) is 11.3 Å². The van der Waals surface area contributed by atoms with Crippen LogP contribution in [-0.2, 0) is 4.79 Å². The average molecular weight is 340 g/mol. The number of nitriles is 1. The van der Waals surface area contributed by atoms with Gasteiger partial charge in [0.1, 0.15) is 17.8 Å². The molecule has 0 saturated carbocycles. The van der Waals surface area contributed by atoms with E-state index in [4.69, 9.17) is 5.26 Å². The maximum Gasteiger partial charge on any atom is 0.408 e. The van der Waals surface area contributed by atoms with E-state index in [1.807, 2.05) is 6.07 Å². The number of nitrogens with one attached hydrogen (secondary N) is 1. The Labute approximate surface area is 136 Å². The van der Waals surface area contributed by atoms with Gasteiger partial charge in [-0.25, -0.2) is 4.98 Å². The summed E-state index contributed by atoms with van der Waals surface area (Å²) in [6.45, 7) is 1.02. The minimum atomic E-state index is -4.57. The molecule has 0 bridgehead atoms. The molecule has 6 nitrogen and oxygen atoms in total. The highest BCUT2D eigenvalue weighted by molar-refractivity contribution is 5.92. The van der Waals surface area contributed by atoms with Crippen LogP contribution in [0.1, 0.15) is 35.8 Å². The Kier molecular flexibility index (Phi) is 5.07. The Bertz CT molecular complexity index is 667. The highest BCUT2D eigenvalue weighted by atomic mass is 19.4. The molecule has 1 aromatic heterocycles. The number of carbonyl (C=O) groups excluding carboxylic acids is 2. The summed E-state index contributed by atoms with van der Waals surface area (Å²) in [6, 6.07) is 1.89. The molecular weight excluding hydrogens is 325 g/mol. The number of carbonyl (C=O) groups is 2. The van der Waals surface area contributed by atoms with E-state index in [1.54, 1.807) is 0 Å². The number of halogens is 3. The Morgan fingerprint density at radius 1 is 1.38 bits per heavy atom. The van der Waals surface area contributed by atoms with E-state index in [2.05, 4.69) is 10.3 Å². The molecule has 1 N–H and O–H groups in total. The molecule has 1 aromatic rings. The summed E-state index contributed by atoms with van der Waals surface area (Å²) in [5, 5.41) is 11.3. The van der Waals surface area contributed by atoms with Crippen molar-refractivity contribution in [2.24, 2.45) is 0 Å². The lowest BCUT2D eigenvalue weighted by Crippen LogP contribution is -2.58. The fourth-order valence-electron chi connectivity index (χ4n) is 2.67. The van der Waals surface area contributed by atoms with Crippen LogP contribution in [0.4, 0.5) is 13.2 Å². The predicted octanol–water partition coefficient (Wildman–Crippen LogP) is 1.62. The Morgan fingerprint density at radius 2 is 2.08 bits per heavy atom. The summed E-state index contributed by atoms with van der Waals surface area (Å²) in [4.78, 5) is 28.0. The third-order valence-electron chi connectivity index (χ3n) is 3.74. The first-order chi connectivity index (χ1) is 11.2. The molecule has 0 aliphatic carbocycles. The molecule has 24 heavy (non-hydrogen) atoms. The van der Waals surface area contributed by atoms with Crippen LogP contribution in [0.15, 0.2) is 18.3 Å². The van der Waals surface area contributed by atoms with Gasteiger partial charge in [-0.2, -0.15) is 18.4 Å². The topological polar surface area (TPSA) is 86.1 Å². The van der Waals surface area contributed by atoms with Crippen molar-refractivity contribution in [2.75, 3.05) is 6.54 Å². The van der Waals surface area contributed by atoms with Crippen LogP contribution in [-0.4, -0.2) is 46.5 Å². The molecule has 2 atom stereocenters. The second kappa shape index (κ2) is 6.86. The Morgan fingerprint density at radius 3 is 2.58 bits per heavy atom. The molecule has 2 rings (SSSR count). The number of likely N-dealkylation sites (tertiary alicyclic amines) is 1. The van der Waals surface area contributed by atoms with Gasteiger partial charge in [-0.1, -0.05) is 0 Å². The number of pyridine rings is 1. The van der Waals surface area contributed by atoms with E-state index < -0.39 is 24.2 Å². The molecule has 1 aliphatic rings. The zero-order valence-corrected chi connectivity index (χ0v) is 12.8. The molecule has 0 spiro atoms. The zero-order valence-electron chi connectivity index (χ0n) is 12.8. The zero-order chi connectivity index (χ0) is 17.9. The van der Waals surface area contributed by atoms with Crippen LogP contribution in [0.25, 0.3) is 0 Å². The summed E-state index contributed by atoms with van der Waals surface area (Å²) in [5.74, 6) is -1.24. The molecule has 2 amide bonds. The maximum absolute atomic E-state index is 13.2. The largest absolute Gasteiger partial charge is 0.408 e. The fraction of sp³-hybridized carbons (Fsp3) is 0.467. The summed E-state index contributed by atoms with van der Waals surface area (Å²) >= 11 is 0. The van der Waals surface area contributed by atoms with Crippen molar-refractivity contribution in [1.82, 2.24) is 15.2 Å². The van der Waals surface area contributed by atoms with Crippen molar-refractivity contribution in [2.45, 2.75) is 38.0 Å². The SMILES string of the molecule is CC(=O)NC1CCC(C(F)(F)F)N(C(=O)c2ccc(C#N)cn2)C1.